The Kier molecular flexibility index (Phi) is 3.69. The quantitative estimate of drug-likeness (QED) is 0.658. The highest BCUT2D eigenvalue weighted by Gasteiger charge is 2.15. The number of carbonyl (C=O) groups is 1. The maximum atomic E-state index is 11.3. The van der Waals surface area contributed by atoms with Gasteiger partial charge in [-0.3, -0.25) is 9.69 Å². The van der Waals surface area contributed by atoms with Gasteiger partial charge in [-0.2, -0.15) is 0 Å². The van der Waals surface area contributed by atoms with E-state index in [9.17, 15) is 4.79 Å². The minimum atomic E-state index is 0.125. The molecule has 0 amide bonds. The van der Waals surface area contributed by atoms with Gasteiger partial charge in [-0.15, -0.1) is 0 Å². The van der Waals surface area contributed by atoms with E-state index < -0.39 is 0 Å². The molecule has 0 atom stereocenters. The number of ketones is 1. The number of carbonyl (C=O) groups excluding carboxylic acids is 1. The summed E-state index contributed by atoms with van der Waals surface area (Å²) in [5.41, 5.74) is 0. The van der Waals surface area contributed by atoms with Crippen molar-refractivity contribution >= 4 is 5.78 Å². The standard InChI is InChI=1S/C9H17N2O/c1-8(2)9(12)7-11-5-3-10-4-6-11/h7-8,10H,3-6H2,1-2H3. The molecule has 1 saturated heterocycles. The minimum absolute atomic E-state index is 0.125. The molecule has 1 radical (unpaired) electrons. The molecule has 1 rings (SSSR count). The molecule has 0 unspecified atom stereocenters. The van der Waals surface area contributed by atoms with Crippen molar-refractivity contribution in [3.8, 4) is 0 Å². The SMILES string of the molecule is CC(C)C(=O)[CH]N1CCNCC1. The van der Waals surface area contributed by atoms with Crippen molar-refractivity contribution in [1.29, 1.82) is 0 Å². The summed E-state index contributed by atoms with van der Waals surface area (Å²) in [5, 5.41) is 3.24. The maximum Gasteiger partial charge on any atom is 0.154 e. The van der Waals surface area contributed by atoms with Gasteiger partial charge in [0.25, 0.3) is 0 Å². The summed E-state index contributed by atoms with van der Waals surface area (Å²) in [5.74, 6) is 0.358. The Morgan fingerprint density at radius 2 is 2.00 bits per heavy atom. The Hall–Kier alpha value is -0.410. The molecule has 1 aliphatic rings. The average Bonchev–Trinajstić information content (AvgIpc) is 2.06. The van der Waals surface area contributed by atoms with E-state index in [1.165, 1.54) is 0 Å². The second-order valence-corrected chi connectivity index (χ2v) is 3.47. The van der Waals surface area contributed by atoms with Gasteiger partial charge in [-0.05, 0) is 0 Å². The smallest absolute Gasteiger partial charge is 0.154 e. The highest BCUT2D eigenvalue weighted by molar-refractivity contribution is 5.87. The van der Waals surface area contributed by atoms with Crippen LogP contribution in [0.1, 0.15) is 13.8 Å². The van der Waals surface area contributed by atoms with Crippen LogP contribution in [0.3, 0.4) is 0 Å². The molecule has 0 spiro atoms. The number of nitrogens with zero attached hydrogens (tertiary/aromatic N) is 1. The Labute approximate surface area is 74.1 Å². The van der Waals surface area contributed by atoms with E-state index >= 15 is 0 Å². The Balaban J connectivity index is 2.24. The van der Waals surface area contributed by atoms with E-state index in [0.717, 1.165) is 26.2 Å². The van der Waals surface area contributed by atoms with Crippen molar-refractivity contribution in [1.82, 2.24) is 10.2 Å². The first-order chi connectivity index (χ1) is 5.70. The first kappa shape index (κ1) is 9.68. The highest BCUT2D eigenvalue weighted by atomic mass is 16.1. The van der Waals surface area contributed by atoms with Crippen LogP contribution in [0, 0.1) is 12.5 Å². The normalized spacial score (nSPS) is 19.9. The lowest BCUT2D eigenvalue weighted by Crippen LogP contribution is -2.43. The average molecular weight is 169 g/mol. The van der Waals surface area contributed by atoms with E-state index in [0.29, 0.717) is 0 Å². The molecule has 12 heavy (non-hydrogen) atoms. The number of hydrogen-bond acceptors (Lipinski definition) is 3. The van der Waals surface area contributed by atoms with Gasteiger partial charge in [0, 0.05) is 32.1 Å². The summed E-state index contributed by atoms with van der Waals surface area (Å²) in [6, 6.07) is 0. The predicted molar refractivity (Wildman–Crippen MR) is 48.6 cm³/mol. The van der Waals surface area contributed by atoms with E-state index in [1.807, 2.05) is 13.8 Å². The third-order valence-corrected chi connectivity index (χ3v) is 2.03. The van der Waals surface area contributed by atoms with Crippen LogP contribution in [0.15, 0.2) is 0 Å². The lowest BCUT2D eigenvalue weighted by atomic mass is 10.1. The van der Waals surface area contributed by atoms with Gasteiger partial charge in [0.1, 0.15) is 0 Å². The van der Waals surface area contributed by atoms with Crippen LogP contribution in [0.25, 0.3) is 0 Å². The molecule has 0 aromatic rings. The van der Waals surface area contributed by atoms with Gasteiger partial charge in [0.05, 0.1) is 6.54 Å². The van der Waals surface area contributed by atoms with Crippen LogP contribution in [0.5, 0.6) is 0 Å². The summed E-state index contributed by atoms with van der Waals surface area (Å²) in [4.78, 5) is 13.4. The lowest BCUT2D eigenvalue weighted by molar-refractivity contribution is -0.120. The van der Waals surface area contributed by atoms with Crippen LogP contribution in [-0.2, 0) is 4.79 Å². The molecule has 0 aromatic carbocycles. The molecular formula is C9H17N2O. The number of piperazine rings is 1. The van der Waals surface area contributed by atoms with E-state index in [4.69, 9.17) is 0 Å². The zero-order valence-corrected chi connectivity index (χ0v) is 7.84. The summed E-state index contributed by atoms with van der Waals surface area (Å²) in [7, 11) is 0. The fourth-order valence-electron chi connectivity index (χ4n) is 1.14. The highest BCUT2D eigenvalue weighted by Crippen LogP contribution is 2.03. The summed E-state index contributed by atoms with van der Waals surface area (Å²) >= 11 is 0. The number of hydrogen-bond donors (Lipinski definition) is 1. The molecule has 0 aliphatic carbocycles. The number of rotatable bonds is 3. The second-order valence-electron chi connectivity index (χ2n) is 3.47. The van der Waals surface area contributed by atoms with Crippen LogP contribution in [0.2, 0.25) is 0 Å². The Morgan fingerprint density at radius 1 is 1.42 bits per heavy atom. The molecule has 1 N–H and O–H groups in total. The largest absolute Gasteiger partial charge is 0.314 e. The number of nitrogens with one attached hydrogen (secondary N) is 1. The first-order valence-electron chi connectivity index (χ1n) is 4.53. The van der Waals surface area contributed by atoms with Gasteiger partial charge < -0.3 is 5.32 Å². The number of Topliss-reactive ketones (excluding diaryl/α,β-unsaturated/α-hetero) is 1. The maximum absolute atomic E-state index is 11.3. The molecule has 0 bridgehead atoms. The van der Waals surface area contributed by atoms with Crippen molar-refractivity contribution in [2.45, 2.75) is 13.8 Å². The van der Waals surface area contributed by atoms with Gasteiger partial charge in [-0.1, -0.05) is 13.8 Å². The van der Waals surface area contributed by atoms with Crippen LogP contribution in [0.4, 0.5) is 0 Å². The summed E-state index contributed by atoms with van der Waals surface area (Å²) < 4.78 is 0. The third-order valence-electron chi connectivity index (χ3n) is 2.03. The van der Waals surface area contributed by atoms with Gasteiger partial charge in [0.15, 0.2) is 5.78 Å². The molecule has 0 aromatic heterocycles. The zero-order chi connectivity index (χ0) is 8.97. The molecule has 1 aliphatic heterocycles. The molecule has 3 nitrogen and oxygen atoms in total. The van der Waals surface area contributed by atoms with Crippen LogP contribution in [-0.4, -0.2) is 36.9 Å². The Bertz CT molecular complexity index is 151. The van der Waals surface area contributed by atoms with E-state index in [1.54, 1.807) is 6.54 Å². The van der Waals surface area contributed by atoms with Gasteiger partial charge in [-0.25, -0.2) is 0 Å². The van der Waals surface area contributed by atoms with E-state index in [-0.39, 0.29) is 11.7 Å². The van der Waals surface area contributed by atoms with Crippen LogP contribution >= 0.6 is 0 Å². The van der Waals surface area contributed by atoms with Gasteiger partial charge in [0.2, 0.25) is 0 Å². The molecule has 1 fully saturated rings. The molecule has 1 heterocycles. The van der Waals surface area contributed by atoms with E-state index in [2.05, 4.69) is 10.2 Å². The third kappa shape index (κ3) is 2.91. The first-order valence-corrected chi connectivity index (χ1v) is 4.53. The van der Waals surface area contributed by atoms with Crippen molar-refractivity contribution in [2.24, 2.45) is 5.92 Å². The fourth-order valence-corrected chi connectivity index (χ4v) is 1.14. The monoisotopic (exact) mass is 169 g/mol. The molecule has 3 heteroatoms. The summed E-state index contributed by atoms with van der Waals surface area (Å²) in [6.45, 7) is 9.51. The Morgan fingerprint density at radius 3 is 2.50 bits per heavy atom. The molecule has 69 valence electrons. The fraction of sp³-hybridized carbons (Fsp3) is 0.778. The van der Waals surface area contributed by atoms with Crippen molar-refractivity contribution < 1.29 is 4.79 Å². The predicted octanol–water partition coefficient (Wildman–Crippen LogP) is 0.278. The minimum Gasteiger partial charge on any atom is -0.314 e. The van der Waals surface area contributed by atoms with Gasteiger partial charge >= 0.3 is 0 Å². The van der Waals surface area contributed by atoms with Crippen molar-refractivity contribution in [3.63, 3.8) is 0 Å². The zero-order valence-electron chi connectivity index (χ0n) is 7.84. The van der Waals surface area contributed by atoms with Crippen molar-refractivity contribution in [2.75, 3.05) is 26.2 Å². The van der Waals surface area contributed by atoms with Crippen LogP contribution < -0.4 is 5.32 Å². The molecule has 0 saturated carbocycles. The van der Waals surface area contributed by atoms with Crippen molar-refractivity contribution in [3.05, 3.63) is 6.54 Å². The second kappa shape index (κ2) is 4.58. The molecular weight excluding hydrogens is 152 g/mol. The summed E-state index contributed by atoms with van der Waals surface area (Å²) in [6.07, 6.45) is 0. The topological polar surface area (TPSA) is 32.3 Å². The lowest BCUT2D eigenvalue weighted by Gasteiger charge is -2.26.